The van der Waals surface area contributed by atoms with Crippen molar-refractivity contribution in [3.63, 3.8) is 0 Å². The number of benzene rings is 1. The summed E-state index contributed by atoms with van der Waals surface area (Å²) >= 11 is 0. The molecule has 0 amide bonds. The molecule has 17 heavy (non-hydrogen) atoms. The van der Waals surface area contributed by atoms with Crippen molar-refractivity contribution in [1.29, 1.82) is 0 Å². The van der Waals surface area contributed by atoms with Crippen LogP contribution in [0.5, 0.6) is 0 Å². The average molecular weight is 235 g/mol. The van der Waals surface area contributed by atoms with Crippen LogP contribution in [0.15, 0.2) is 30.3 Å². The van der Waals surface area contributed by atoms with Gasteiger partial charge in [0.15, 0.2) is 0 Å². The van der Waals surface area contributed by atoms with Crippen LogP contribution in [0.4, 0.5) is 0 Å². The molecular weight excluding hydrogens is 214 g/mol. The van der Waals surface area contributed by atoms with E-state index in [-0.39, 0.29) is 5.97 Å². The normalized spacial score (nSPS) is 12.1. The van der Waals surface area contributed by atoms with E-state index < -0.39 is 0 Å². The molecule has 0 aliphatic carbocycles. The minimum absolute atomic E-state index is 0.132. The molecule has 1 N–H and O–H groups in total. The highest BCUT2D eigenvalue weighted by atomic mass is 16.5. The highest BCUT2D eigenvalue weighted by Crippen LogP contribution is 2.02. The number of carbonyl (C=O) groups excluding carboxylic acids is 1. The lowest BCUT2D eigenvalue weighted by Crippen LogP contribution is -2.30. The summed E-state index contributed by atoms with van der Waals surface area (Å²) < 4.78 is 4.86. The van der Waals surface area contributed by atoms with Gasteiger partial charge in [0.05, 0.1) is 13.0 Å². The van der Waals surface area contributed by atoms with Gasteiger partial charge in [-0.15, -0.1) is 0 Å². The largest absolute Gasteiger partial charge is 0.466 e. The first-order chi connectivity index (χ1) is 8.22. The van der Waals surface area contributed by atoms with Gasteiger partial charge in [-0.2, -0.15) is 0 Å². The third-order valence-electron chi connectivity index (χ3n) is 2.51. The summed E-state index contributed by atoms with van der Waals surface area (Å²) in [5.41, 5.74) is 1.31. The molecule has 0 radical (unpaired) electrons. The first-order valence-electron chi connectivity index (χ1n) is 6.15. The average Bonchev–Trinajstić information content (AvgIpc) is 2.30. The summed E-state index contributed by atoms with van der Waals surface area (Å²) in [6.45, 7) is 5.08. The van der Waals surface area contributed by atoms with Crippen LogP contribution >= 0.6 is 0 Å². The maximum Gasteiger partial charge on any atom is 0.307 e. The van der Waals surface area contributed by atoms with E-state index in [1.54, 1.807) is 0 Å². The summed E-state index contributed by atoms with van der Waals surface area (Å²) in [5, 5.41) is 3.32. The molecule has 94 valence electrons. The second kappa shape index (κ2) is 7.85. The van der Waals surface area contributed by atoms with Crippen LogP contribution in [0.3, 0.4) is 0 Å². The van der Waals surface area contributed by atoms with Gasteiger partial charge in [0.25, 0.3) is 0 Å². The van der Waals surface area contributed by atoms with E-state index in [0.717, 1.165) is 6.42 Å². The number of carbonyl (C=O) groups is 1. The fourth-order valence-electron chi connectivity index (χ4n) is 1.69. The number of esters is 1. The maximum atomic E-state index is 11.1. The molecule has 3 nitrogen and oxygen atoms in total. The lowest BCUT2D eigenvalue weighted by Gasteiger charge is -2.13. The molecule has 0 saturated carbocycles. The quantitative estimate of drug-likeness (QED) is 0.736. The Labute approximate surface area is 103 Å². The van der Waals surface area contributed by atoms with Gasteiger partial charge in [0, 0.05) is 12.6 Å². The summed E-state index contributed by atoms with van der Waals surface area (Å²) in [7, 11) is 0. The summed E-state index contributed by atoms with van der Waals surface area (Å²) in [6.07, 6.45) is 1.41. The van der Waals surface area contributed by atoms with E-state index in [1.165, 1.54) is 5.56 Å². The molecule has 0 aromatic heterocycles. The van der Waals surface area contributed by atoms with Crippen molar-refractivity contribution < 1.29 is 9.53 Å². The fraction of sp³-hybridized carbons (Fsp3) is 0.500. The van der Waals surface area contributed by atoms with Crippen molar-refractivity contribution in [3.05, 3.63) is 35.9 Å². The van der Waals surface area contributed by atoms with E-state index in [4.69, 9.17) is 4.74 Å². The Kier molecular flexibility index (Phi) is 6.33. The Balaban J connectivity index is 2.17. The molecule has 0 aliphatic heterocycles. The molecule has 1 atom stereocenters. The zero-order chi connectivity index (χ0) is 12.5. The van der Waals surface area contributed by atoms with E-state index >= 15 is 0 Å². The molecule has 1 aromatic rings. The van der Waals surface area contributed by atoms with Gasteiger partial charge in [-0.1, -0.05) is 30.3 Å². The van der Waals surface area contributed by atoms with Crippen molar-refractivity contribution >= 4 is 5.97 Å². The molecule has 0 saturated heterocycles. The van der Waals surface area contributed by atoms with Crippen molar-refractivity contribution in [2.75, 3.05) is 13.2 Å². The van der Waals surface area contributed by atoms with Crippen LogP contribution in [0, 0.1) is 0 Å². The SMILES string of the molecule is CCOC(=O)CCNC(C)Cc1ccccc1. The molecule has 1 rings (SSSR count). The second-order valence-corrected chi connectivity index (χ2v) is 4.10. The molecule has 1 aromatic carbocycles. The third kappa shape index (κ3) is 6.07. The monoisotopic (exact) mass is 235 g/mol. The smallest absolute Gasteiger partial charge is 0.307 e. The highest BCUT2D eigenvalue weighted by Gasteiger charge is 2.05. The van der Waals surface area contributed by atoms with Crippen LogP contribution in [0.1, 0.15) is 25.8 Å². The molecule has 0 heterocycles. The summed E-state index contributed by atoms with van der Waals surface area (Å²) in [6, 6.07) is 10.7. The number of ether oxygens (including phenoxy) is 1. The van der Waals surface area contributed by atoms with Gasteiger partial charge in [-0.3, -0.25) is 4.79 Å². The van der Waals surface area contributed by atoms with E-state index in [9.17, 15) is 4.79 Å². The number of hydrogen-bond acceptors (Lipinski definition) is 3. The van der Waals surface area contributed by atoms with Crippen LogP contribution in [0.2, 0.25) is 0 Å². The van der Waals surface area contributed by atoms with Gasteiger partial charge in [0.1, 0.15) is 0 Å². The van der Waals surface area contributed by atoms with Gasteiger partial charge < -0.3 is 10.1 Å². The predicted octanol–water partition coefficient (Wildman–Crippen LogP) is 2.16. The Morgan fingerprint density at radius 3 is 2.71 bits per heavy atom. The third-order valence-corrected chi connectivity index (χ3v) is 2.51. The molecule has 0 bridgehead atoms. The lowest BCUT2D eigenvalue weighted by atomic mass is 10.1. The standard InChI is InChI=1S/C14H21NO2/c1-3-17-14(16)9-10-15-12(2)11-13-7-5-4-6-8-13/h4-8,12,15H,3,9-11H2,1-2H3. The van der Waals surface area contributed by atoms with Crippen molar-refractivity contribution in [1.82, 2.24) is 5.32 Å². The van der Waals surface area contributed by atoms with Crippen molar-refractivity contribution in [2.24, 2.45) is 0 Å². The highest BCUT2D eigenvalue weighted by molar-refractivity contribution is 5.69. The van der Waals surface area contributed by atoms with Gasteiger partial charge in [-0.05, 0) is 25.8 Å². The van der Waals surface area contributed by atoms with Crippen molar-refractivity contribution in [3.8, 4) is 0 Å². The number of nitrogens with one attached hydrogen (secondary N) is 1. The van der Waals surface area contributed by atoms with Gasteiger partial charge >= 0.3 is 5.97 Å². The predicted molar refractivity (Wildman–Crippen MR) is 68.9 cm³/mol. The van der Waals surface area contributed by atoms with Gasteiger partial charge in [0.2, 0.25) is 0 Å². The molecule has 0 fully saturated rings. The van der Waals surface area contributed by atoms with E-state index in [2.05, 4.69) is 24.4 Å². The fourth-order valence-corrected chi connectivity index (χ4v) is 1.69. The van der Waals surface area contributed by atoms with Crippen molar-refractivity contribution in [2.45, 2.75) is 32.7 Å². The van der Waals surface area contributed by atoms with Crippen LogP contribution in [-0.4, -0.2) is 25.2 Å². The maximum absolute atomic E-state index is 11.1. The molecule has 0 aliphatic rings. The van der Waals surface area contributed by atoms with Crippen LogP contribution < -0.4 is 5.32 Å². The first-order valence-corrected chi connectivity index (χ1v) is 6.15. The molecule has 1 unspecified atom stereocenters. The molecular formula is C14H21NO2. The van der Waals surface area contributed by atoms with Gasteiger partial charge in [-0.25, -0.2) is 0 Å². The summed E-state index contributed by atoms with van der Waals surface area (Å²) in [4.78, 5) is 11.1. The topological polar surface area (TPSA) is 38.3 Å². The Morgan fingerprint density at radius 1 is 1.35 bits per heavy atom. The van der Waals surface area contributed by atoms with E-state index in [0.29, 0.717) is 25.6 Å². The minimum atomic E-state index is -0.132. The zero-order valence-electron chi connectivity index (χ0n) is 10.6. The van der Waals surface area contributed by atoms with Crippen LogP contribution in [0.25, 0.3) is 0 Å². The molecule has 3 heteroatoms. The minimum Gasteiger partial charge on any atom is -0.466 e. The Bertz CT molecular complexity index is 324. The lowest BCUT2D eigenvalue weighted by molar-refractivity contribution is -0.142. The Hall–Kier alpha value is -1.35. The number of hydrogen-bond donors (Lipinski definition) is 1. The summed E-state index contributed by atoms with van der Waals surface area (Å²) in [5.74, 6) is -0.132. The first kappa shape index (κ1) is 13.7. The second-order valence-electron chi connectivity index (χ2n) is 4.10. The van der Waals surface area contributed by atoms with E-state index in [1.807, 2.05) is 25.1 Å². The van der Waals surface area contributed by atoms with Crippen LogP contribution in [-0.2, 0) is 16.0 Å². The molecule has 0 spiro atoms. The Morgan fingerprint density at radius 2 is 2.06 bits per heavy atom. The zero-order valence-corrected chi connectivity index (χ0v) is 10.6. The number of rotatable bonds is 7.